The molecule has 2 aliphatic heterocycles. The van der Waals surface area contributed by atoms with Crippen molar-refractivity contribution in [2.75, 3.05) is 19.9 Å². The smallest absolute Gasteiger partial charge is 0.240 e. The number of rotatable bonds is 6. The molecule has 0 radical (unpaired) electrons. The highest BCUT2D eigenvalue weighted by Crippen LogP contribution is 2.32. The molecule has 0 atom stereocenters. The monoisotopic (exact) mass is 420 g/mol. The molecule has 1 N–H and O–H groups in total. The quantitative estimate of drug-likeness (QED) is 0.661. The Hall–Kier alpha value is -3.55. The number of amides is 2. The van der Waals surface area contributed by atoms with Crippen LogP contribution in [0.4, 0.5) is 0 Å². The summed E-state index contributed by atoms with van der Waals surface area (Å²) in [5, 5.41) is 2.95. The van der Waals surface area contributed by atoms with E-state index in [9.17, 15) is 9.59 Å². The third-order valence-electron chi connectivity index (χ3n) is 5.73. The number of imidazole rings is 1. The van der Waals surface area contributed by atoms with Crippen LogP contribution in [-0.4, -0.2) is 46.1 Å². The van der Waals surface area contributed by atoms with Crippen LogP contribution in [0, 0.1) is 0 Å². The molecule has 2 aliphatic rings. The van der Waals surface area contributed by atoms with Crippen molar-refractivity contribution in [3.63, 3.8) is 0 Å². The van der Waals surface area contributed by atoms with Crippen LogP contribution in [0.1, 0.15) is 24.2 Å². The number of aromatic nitrogens is 2. The molecule has 8 nitrogen and oxygen atoms in total. The number of carbonyl (C=O) groups excluding carboxylic acids is 2. The second-order valence-corrected chi connectivity index (χ2v) is 7.83. The van der Waals surface area contributed by atoms with Crippen molar-refractivity contribution in [1.82, 2.24) is 19.8 Å². The normalized spacial score (nSPS) is 14.9. The maximum absolute atomic E-state index is 12.7. The van der Waals surface area contributed by atoms with Gasteiger partial charge in [-0.3, -0.25) is 9.59 Å². The zero-order chi connectivity index (χ0) is 21.2. The molecule has 1 aromatic heterocycles. The lowest BCUT2D eigenvalue weighted by Crippen LogP contribution is -2.31. The Morgan fingerprint density at radius 1 is 1.03 bits per heavy atom. The van der Waals surface area contributed by atoms with Crippen LogP contribution in [0.25, 0.3) is 11.0 Å². The van der Waals surface area contributed by atoms with Gasteiger partial charge in [-0.2, -0.15) is 0 Å². The lowest BCUT2D eigenvalue weighted by molar-refractivity contribution is -0.129. The first kappa shape index (κ1) is 19.4. The van der Waals surface area contributed by atoms with Gasteiger partial charge in [-0.15, -0.1) is 0 Å². The van der Waals surface area contributed by atoms with Crippen LogP contribution < -0.4 is 14.8 Å². The molecule has 1 saturated heterocycles. The molecule has 2 aromatic carbocycles. The van der Waals surface area contributed by atoms with Crippen LogP contribution in [0.5, 0.6) is 11.5 Å². The minimum Gasteiger partial charge on any atom is -0.454 e. The predicted molar refractivity (Wildman–Crippen MR) is 114 cm³/mol. The second-order valence-electron chi connectivity index (χ2n) is 7.83. The summed E-state index contributed by atoms with van der Waals surface area (Å²) >= 11 is 0. The van der Waals surface area contributed by atoms with Gasteiger partial charge in [0, 0.05) is 19.6 Å². The van der Waals surface area contributed by atoms with Crippen LogP contribution >= 0.6 is 0 Å². The number of para-hydroxylation sites is 2. The Labute approximate surface area is 179 Å². The highest BCUT2D eigenvalue weighted by atomic mass is 16.7. The Morgan fingerprint density at radius 2 is 1.84 bits per heavy atom. The van der Waals surface area contributed by atoms with Crippen molar-refractivity contribution in [3.8, 4) is 11.5 Å². The molecule has 0 aliphatic carbocycles. The van der Waals surface area contributed by atoms with Gasteiger partial charge in [0.15, 0.2) is 11.5 Å². The number of fused-ring (bicyclic) bond motifs is 2. The first-order chi connectivity index (χ1) is 15.2. The SMILES string of the molecule is O=C(Cn1c(CC(=O)N2CCCC2)nc2ccccc21)NCc1ccc2c(c1)OCO2. The Balaban J connectivity index is 1.30. The van der Waals surface area contributed by atoms with E-state index in [2.05, 4.69) is 10.3 Å². The fraction of sp³-hybridized carbons (Fsp3) is 0.348. The number of nitrogens with one attached hydrogen (secondary N) is 1. The molecule has 160 valence electrons. The van der Waals surface area contributed by atoms with Gasteiger partial charge in [0.05, 0.1) is 17.5 Å². The van der Waals surface area contributed by atoms with Crippen molar-refractivity contribution in [1.29, 1.82) is 0 Å². The zero-order valence-electron chi connectivity index (χ0n) is 17.2. The lowest BCUT2D eigenvalue weighted by Gasteiger charge is -2.16. The minimum atomic E-state index is -0.143. The van der Waals surface area contributed by atoms with E-state index >= 15 is 0 Å². The molecule has 0 saturated carbocycles. The highest BCUT2D eigenvalue weighted by Gasteiger charge is 2.22. The molecule has 3 heterocycles. The van der Waals surface area contributed by atoms with Gasteiger partial charge in [-0.25, -0.2) is 4.98 Å². The van der Waals surface area contributed by atoms with E-state index in [4.69, 9.17) is 9.47 Å². The van der Waals surface area contributed by atoms with E-state index in [1.54, 1.807) is 0 Å². The molecule has 1 fully saturated rings. The number of hydrogen-bond donors (Lipinski definition) is 1. The molecule has 31 heavy (non-hydrogen) atoms. The molecular formula is C23H24N4O4. The Bertz CT molecular complexity index is 1130. The van der Waals surface area contributed by atoms with Crippen molar-refractivity contribution in [2.45, 2.75) is 32.4 Å². The van der Waals surface area contributed by atoms with E-state index in [0.717, 1.165) is 42.5 Å². The van der Waals surface area contributed by atoms with Crippen LogP contribution in [0.3, 0.4) is 0 Å². The molecular weight excluding hydrogens is 396 g/mol. The summed E-state index contributed by atoms with van der Waals surface area (Å²) < 4.78 is 12.6. The number of nitrogens with zero attached hydrogens (tertiary/aromatic N) is 3. The van der Waals surface area contributed by atoms with E-state index < -0.39 is 0 Å². The molecule has 8 heteroatoms. The summed E-state index contributed by atoms with van der Waals surface area (Å²) in [5.41, 5.74) is 2.57. The van der Waals surface area contributed by atoms with Gasteiger partial charge < -0.3 is 24.3 Å². The van der Waals surface area contributed by atoms with E-state index in [0.29, 0.717) is 23.9 Å². The standard InChI is InChI=1S/C23H24N4O4/c28-22(24-13-16-7-8-19-20(11-16)31-15-30-19)14-27-18-6-2-1-5-17(18)25-21(27)12-23(29)26-9-3-4-10-26/h1-2,5-8,11H,3-4,9-10,12-15H2,(H,24,28). The van der Waals surface area contributed by atoms with Gasteiger partial charge in [0.1, 0.15) is 12.4 Å². The molecule has 0 spiro atoms. The van der Waals surface area contributed by atoms with Crippen molar-refractivity contribution in [2.24, 2.45) is 0 Å². The summed E-state index contributed by atoms with van der Waals surface area (Å²) in [6.45, 7) is 2.31. The molecule has 2 amide bonds. The summed E-state index contributed by atoms with van der Waals surface area (Å²) in [5.74, 6) is 1.95. The molecule has 0 bridgehead atoms. The third kappa shape index (κ3) is 4.05. The number of likely N-dealkylation sites (tertiary alicyclic amines) is 1. The number of benzene rings is 2. The zero-order valence-corrected chi connectivity index (χ0v) is 17.2. The average molecular weight is 420 g/mol. The van der Waals surface area contributed by atoms with E-state index in [1.807, 2.05) is 51.9 Å². The summed E-state index contributed by atoms with van der Waals surface area (Å²) in [6, 6.07) is 13.3. The van der Waals surface area contributed by atoms with Crippen LogP contribution in [0.2, 0.25) is 0 Å². The van der Waals surface area contributed by atoms with Crippen molar-refractivity contribution < 1.29 is 19.1 Å². The first-order valence-corrected chi connectivity index (χ1v) is 10.5. The summed E-state index contributed by atoms with van der Waals surface area (Å²) in [7, 11) is 0. The fourth-order valence-corrected chi connectivity index (χ4v) is 4.10. The predicted octanol–water partition coefficient (Wildman–Crippen LogP) is 2.25. The van der Waals surface area contributed by atoms with Gasteiger partial charge in [0.2, 0.25) is 18.6 Å². The largest absolute Gasteiger partial charge is 0.454 e. The van der Waals surface area contributed by atoms with Crippen molar-refractivity contribution >= 4 is 22.8 Å². The fourth-order valence-electron chi connectivity index (χ4n) is 4.10. The molecule has 5 rings (SSSR count). The maximum Gasteiger partial charge on any atom is 0.240 e. The van der Waals surface area contributed by atoms with Crippen LogP contribution in [0.15, 0.2) is 42.5 Å². The molecule has 0 unspecified atom stereocenters. The number of hydrogen-bond acceptors (Lipinski definition) is 5. The average Bonchev–Trinajstić information content (AvgIpc) is 3.53. The Kier molecular flexibility index (Phi) is 5.19. The van der Waals surface area contributed by atoms with Crippen LogP contribution in [-0.2, 0) is 29.1 Å². The van der Waals surface area contributed by atoms with E-state index in [1.165, 1.54) is 0 Å². The van der Waals surface area contributed by atoms with Gasteiger partial charge in [0.25, 0.3) is 0 Å². The Morgan fingerprint density at radius 3 is 2.71 bits per heavy atom. The second kappa shape index (κ2) is 8.29. The highest BCUT2D eigenvalue weighted by molar-refractivity contribution is 5.83. The summed E-state index contributed by atoms with van der Waals surface area (Å²) in [4.78, 5) is 31.9. The van der Waals surface area contributed by atoms with Gasteiger partial charge in [-0.05, 0) is 42.7 Å². The molecule has 3 aromatic rings. The number of ether oxygens (including phenoxy) is 2. The van der Waals surface area contributed by atoms with Gasteiger partial charge >= 0.3 is 0 Å². The maximum atomic E-state index is 12.7. The van der Waals surface area contributed by atoms with Gasteiger partial charge in [-0.1, -0.05) is 18.2 Å². The summed E-state index contributed by atoms with van der Waals surface area (Å²) in [6.07, 6.45) is 2.29. The minimum absolute atomic E-state index is 0.0647. The first-order valence-electron chi connectivity index (χ1n) is 10.5. The number of carbonyl (C=O) groups is 2. The lowest BCUT2D eigenvalue weighted by atomic mass is 10.2. The van der Waals surface area contributed by atoms with Crippen molar-refractivity contribution in [3.05, 3.63) is 53.9 Å². The van der Waals surface area contributed by atoms with E-state index in [-0.39, 0.29) is 31.6 Å². The topological polar surface area (TPSA) is 85.7 Å². The third-order valence-corrected chi connectivity index (χ3v) is 5.73.